The predicted molar refractivity (Wildman–Crippen MR) is 80.9 cm³/mol. The SMILES string of the molecule is COCCNCC(c1ccc(Cl)cc1)C1CCCC1. The fourth-order valence-corrected chi connectivity index (χ4v) is 3.18. The Hall–Kier alpha value is -0.570. The molecule has 1 aromatic carbocycles. The summed E-state index contributed by atoms with van der Waals surface area (Å²) in [7, 11) is 1.75. The molecule has 0 radical (unpaired) electrons. The number of hydrogen-bond donors (Lipinski definition) is 1. The van der Waals surface area contributed by atoms with E-state index in [1.807, 2.05) is 12.1 Å². The van der Waals surface area contributed by atoms with Gasteiger partial charge in [0.15, 0.2) is 0 Å². The van der Waals surface area contributed by atoms with Crippen LogP contribution in [0.1, 0.15) is 37.2 Å². The Balaban J connectivity index is 1.98. The van der Waals surface area contributed by atoms with Crippen molar-refractivity contribution in [3.8, 4) is 0 Å². The predicted octanol–water partition coefficient (Wildman–Crippen LogP) is 3.85. The van der Waals surface area contributed by atoms with Crippen LogP contribution < -0.4 is 5.32 Å². The number of ether oxygens (including phenoxy) is 1. The quantitative estimate of drug-likeness (QED) is 0.767. The van der Waals surface area contributed by atoms with Crippen molar-refractivity contribution >= 4 is 11.6 Å². The molecule has 1 fully saturated rings. The maximum absolute atomic E-state index is 5.99. The minimum Gasteiger partial charge on any atom is -0.383 e. The highest BCUT2D eigenvalue weighted by molar-refractivity contribution is 6.30. The monoisotopic (exact) mass is 281 g/mol. The summed E-state index contributed by atoms with van der Waals surface area (Å²) in [4.78, 5) is 0. The van der Waals surface area contributed by atoms with E-state index < -0.39 is 0 Å². The summed E-state index contributed by atoms with van der Waals surface area (Å²) >= 11 is 5.99. The Kier molecular flexibility index (Phi) is 6.15. The standard InChI is InChI=1S/C16H24ClNO/c1-19-11-10-18-12-16(13-4-2-3-5-13)14-6-8-15(17)9-7-14/h6-9,13,16,18H,2-5,10-12H2,1H3. The van der Waals surface area contributed by atoms with E-state index in [0.29, 0.717) is 5.92 Å². The summed E-state index contributed by atoms with van der Waals surface area (Å²) < 4.78 is 5.09. The Bertz CT molecular complexity index is 360. The Morgan fingerprint density at radius 2 is 1.95 bits per heavy atom. The lowest BCUT2D eigenvalue weighted by Crippen LogP contribution is -2.28. The molecule has 1 N–H and O–H groups in total. The third kappa shape index (κ3) is 4.48. The van der Waals surface area contributed by atoms with Gasteiger partial charge in [0.05, 0.1) is 6.61 Å². The average molecular weight is 282 g/mol. The summed E-state index contributed by atoms with van der Waals surface area (Å²) in [5.41, 5.74) is 1.42. The highest BCUT2D eigenvalue weighted by Gasteiger charge is 2.25. The summed E-state index contributed by atoms with van der Waals surface area (Å²) in [5.74, 6) is 1.42. The Morgan fingerprint density at radius 3 is 2.58 bits per heavy atom. The molecule has 3 heteroatoms. The largest absolute Gasteiger partial charge is 0.383 e. The first-order chi connectivity index (χ1) is 9.31. The van der Waals surface area contributed by atoms with Crippen LogP contribution in [0.4, 0.5) is 0 Å². The second-order valence-corrected chi connectivity index (χ2v) is 5.84. The van der Waals surface area contributed by atoms with E-state index >= 15 is 0 Å². The lowest BCUT2D eigenvalue weighted by atomic mass is 9.85. The van der Waals surface area contributed by atoms with Gasteiger partial charge in [-0.2, -0.15) is 0 Å². The van der Waals surface area contributed by atoms with Gasteiger partial charge in [-0.3, -0.25) is 0 Å². The first-order valence-electron chi connectivity index (χ1n) is 7.26. The number of benzene rings is 1. The molecule has 1 aromatic rings. The van der Waals surface area contributed by atoms with E-state index in [1.54, 1.807) is 7.11 Å². The Labute approximate surface area is 121 Å². The minimum absolute atomic E-state index is 0.608. The highest BCUT2D eigenvalue weighted by atomic mass is 35.5. The van der Waals surface area contributed by atoms with Gasteiger partial charge in [-0.25, -0.2) is 0 Å². The van der Waals surface area contributed by atoms with Crippen LogP contribution in [0.25, 0.3) is 0 Å². The molecule has 106 valence electrons. The van der Waals surface area contributed by atoms with E-state index in [9.17, 15) is 0 Å². The third-order valence-corrected chi connectivity index (χ3v) is 4.37. The molecular formula is C16H24ClNO. The van der Waals surface area contributed by atoms with Crippen LogP contribution in [0.5, 0.6) is 0 Å². The maximum atomic E-state index is 5.99. The van der Waals surface area contributed by atoms with Gasteiger partial charge in [0.2, 0.25) is 0 Å². The molecule has 19 heavy (non-hydrogen) atoms. The van der Waals surface area contributed by atoms with E-state index in [-0.39, 0.29) is 0 Å². The van der Waals surface area contributed by atoms with Crippen molar-refractivity contribution in [1.82, 2.24) is 5.32 Å². The Morgan fingerprint density at radius 1 is 1.26 bits per heavy atom. The summed E-state index contributed by atoms with van der Waals surface area (Å²) in [5, 5.41) is 4.34. The molecule has 0 spiro atoms. The zero-order chi connectivity index (χ0) is 13.5. The van der Waals surface area contributed by atoms with Gasteiger partial charge in [0, 0.05) is 25.2 Å². The molecule has 0 aliphatic heterocycles. The molecule has 1 unspecified atom stereocenters. The van der Waals surface area contributed by atoms with Crippen LogP contribution in [-0.2, 0) is 4.74 Å². The highest BCUT2D eigenvalue weighted by Crippen LogP contribution is 2.37. The number of methoxy groups -OCH3 is 1. The van der Waals surface area contributed by atoms with Crippen LogP contribution in [0.3, 0.4) is 0 Å². The molecule has 0 heterocycles. The lowest BCUT2D eigenvalue weighted by molar-refractivity contribution is 0.198. The van der Waals surface area contributed by atoms with Crippen molar-refractivity contribution < 1.29 is 4.74 Å². The second-order valence-electron chi connectivity index (χ2n) is 5.40. The first kappa shape index (κ1) is 14.8. The van der Waals surface area contributed by atoms with Gasteiger partial charge < -0.3 is 10.1 Å². The van der Waals surface area contributed by atoms with Crippen LogP contribution in [0, 0.1) is 5.92 Å². The number of rotatable bonds is 7. The minimum atomic E-state index is 0.608. The maximum Gasteiger partial charge on any atom is 0.0587 e. The molecule has 0 bridgehead atoms. The summed E-state index contributed by atoms with van der Waals surface area (Å²) in [6.07, 6.45) is 5.48. The zero-order valence-electron chi connectivity index (χ0n) is 11.7. The normalized spacial score (nSPS) is 17.8. The summed E-state index contributed by atoms with van der Waals surface area (Å²) in [6, 6.07) is 8.38. The lowest BCUT2D eigenvalue weighted by Gasteiger charge is -2.24. The number of halogens is 1. The fourth-order valence-electron chi connectivity index (χ4n) is 3.06. The average Bonchev–Trinajstić information content (AvgIpc) is 2.94. The molecule has 0 aromatic heterocycles. The molecule has 1 atom stereocenters. The van der Waals surface area contributed by atoms with Crippen LogP contribution in [-0.4, -0.2) is 26.8 Å². The van der Waals surface area contributed by atoms with Crippen molar-refractivity contribution in [2.24, 2.45) is 5.92 Å². The van der Waals surface area contributed by atoms with Gasteiger partial charge in [-0.1, -0.05) is 36.6 Å². The van der Waals surface area contributed by atoms with Crippen LogP contribution in [0.15, 0.2) is 24.3 Å². The van der Waals surface area contributed by atoms with Gasteiger partial charge in [0.1, 0.15) is 0 Å². The smallest absolute Gasteiger partial charge is 0.0587 e. The van der Waals surface area contributed by atoms with Crippen molar-refractivity contribution in [2.75, 3.05) is 26.8 Å². The number of hydrogen-bond acceptors (Lipinski definition) is 2. The molecule has 1 aliphatic carbocycles. The van der Waals surface area contributed by atoms with E-state index in [4.69, 9.17) is 16.3 Å². The van der Waals surface area contributed by atoms with Crippen LogP contribution in [0.2, 0.25) is 5.02 Å². The molecule has 2 nitrogen and oxygen atoms in total. The molecule has 1 saturated carbocycles. The van der Waals surface area contributed by atoms with Crippen molar-refractivity contribution in [3.63, 3.8) is 0 Å². The van der Waals surface area contributed by atoms with Crippen molar-refractivity contribution in [3.05, 3.63) is 34.9 Å². The van der Waals surface area contributed by atoms with E-state index in [0.717, 1.165) is 30.6 Å². The van der Waals surface area contributed by atoms with Gasteiger partial charge >= 0.3 is 0 Å². The first-order valence-corrected chi connectivity index (χ1v) is 7.64. The number of nitrogens with one attached hydrogen (secondary N) is 1. The van der Waals surface area contributed by atoms with Crippen molar-refractivity contribution in [1.29, 1.82) is 0 Å². The van der Waals surface area contributed by atoms with E-state index in [2.05, 4.69) is 17.4 Å². The zero-order valence-corrected chi connectivity index (χ0v) is 12.5. The van der Waals surface area contributed by atoms with E-state index in [1.165, 1.54) is 31.2 Å². The van der Waals surface area contributed by atoms with Crippen LogP contribution >= 0.6 is 11.6 Å². The second kappa shape index (κ2) is 7.88. The summed E-state index contributed by atoms with van der Waals surface area (Å²) in [6.45, 7) is 2.74. The fraction of sp³-hybridized carbons (Fsp3) is 0.625. The van der Waals surface area contributed by atoms with Crippen molar-refractivity contribution in [2.45, 2.75) is 31.6 Å². The topological polar surface area (TPSA) is 21.3 Å². The molecule has 0 amide bonds. The molecular weight excluding hydrogens is 258 g/mol. The molecule has 2 rings (SSSR count). The molecule has 0 saturated heterocycles. The molecule has 1 aliphatic rings. The third-order valence-electron chi connectivity index (χ3n) is 4.11. The van der Waals surface area contributed by atoms with Gasteiger partial charge in [0.25, 0.3) is 0 Å². The van der Waals surface area contributed by atoms with Gasteiger partial charge in [-0.15, -0.1) is 0 Å². The van der Waals surface area contributed by atoms with Gasteiger partial charge in [-0.05, 0) is 42.4 Å².